The highest BCUT2D eigenvalue weighted by Gasteiger charge is 2.26. The van der Waals surface area contributed by atoms with Crippen molar-refractivity contribution in [3.63, 3.8) is 0 Å². The van der Waals surface area contributed by atoms with Crippen LogP contribution in [0.25, 0.3) is 0 Å². The summed E-state index contributed by atoms with van der Waals surface area (Å²) in [6, 6.07) is 15.7. The SMILES string of the molecule is NOc1ccc(NC(=O)c2cccc3c2OCCN3c2ncccc2Cl)cc1. The first kappa shape index (κ1) is 18.1. The number of benzene rings is 2. The van der Waals surface area contributed by atoms with Crippen LogP contribution in [-0.2, 0) is 0 Å². The molecule has 2 heterocycles. The van der Waals surface area contributed by atoms with Crippen LogP contribution in [0.2, 0.25) is 5.02 Å². The Morgan fingerprint density at radius 3 is 2.75 bits per heavy atom. The second kappa shape index (κ2) is 7.75. The number of hydrogen-bond acceptors (Lipinski definition) is 6. The zero-order valence-corrected chi connectivity index (χ0v) is 15.5. The molecule has 1 aliphatic rings. The van der Waals surface area contributed by atoms with Crippen LogP contribution in [0, 0.1) is 0 Å². The summed E-state index contributed by atoms with van der Waals surface area (Å²) in [5.41, 5.74) is 1.78. The van der Waals surface area contributed by atoms with E-state index in [1.807, 2.05) is 11.0 Å². The van der Waals surface area contributed by atoms with Crippen LogP contribution in [-0.4, -0.2) is 24.0 Å². The van der Waals surface area contributed by atoms with Crippen LogP contribution in [0.5, 0.6) is 11.5 Å². The van der Waals surface area contributed by atoms with Crippen molar-refractivity contribution in [1.29, 1.82) is 0 Å². The number of nitrogens with zero attached hydrogens (tertiary/aromatic N) is 2. The molecule has 0 fully saturated rings. The lowest BCUT2D eigenvalue weighted by atomic mass is 10.1. The molecule has 3 aromatic rings. The van der Waals surface area contributed by atoms with Crippen molar-refractivity contribution in [1.82, 2.24) is 4.98 Å². The van der Waals surface area contributed by atoms with E-state index in [0.29, 0.717) is 46.7 Å². The Morgan fingerprint density at radius 2 is 2.00 bits per heavy atom. The molecular formula is C20H17ClN4O3. The maximum atomic E-state index is 12.8. The first-order valence-corrected chi connectivity index (χ1v) is 8.97. The van der Waals surface area contributed by atoms with Crippen molar-refractivity contribution in [2.75, 3.05) is 23.4 Å². The van der Waals surface area contributed by atoms with Crippen molar-refractivity contribution in [3.05, 3.63) is 71.4 Å². The van der Waals surface area contributed by atoms with Gasteiger partial charge in [-0.3, -0.25) is 4.79 Å². The summed E-state index contributed by atoms with van der Waals surface area (Å²) in [6.45, 7) is 0.988. The number of carbonyl (C=O) groups excluding carboxylic acids is 1. The molecule has 7 nitrogen and oxygen atoms in total. The standard InChI is InChI=1S/C20H17ClN4O3/c21-16-4-2-10-23-19(16)25-11-12-27-18-15(3-1-5-17(18)25)20(26)24-13-6-8-14(28-22)9-7-13/h1-10H,11-12,22H2,(H,24,26). The number of rotatable bonds is 4. The Labute approximate surface area is 166 Å². The molecule has 142 valence electrons. The number of nitrogens with one attached hydrogen (secondary N) is 1. The molecule has 3 N–H and O–H groups in total. The van der Waals surface area contributed by atoms with E-state index in [4.69, 9.17) is 22.2 Å². The molecular weight excluding hydrogens is 380 g/mol. The van der Waals surface area contributed by atoms with E-state index in [-0.39, 0.29) is 5.91 Å². The fraction of sp³-hybridized carbons (Fsp3) is 0.100. The molecule has 1 aromatic heterocycles. The zero-order valence-electron chi connectivity index (χ0n) is 14.8. The third-order valence-electron chi connectivity index (χ3n) is 4.33. The highest BCUT2D eigenvalue weighted by molar-refractivity contribution is 6.33. The van der Waals surface area contributed by atoms with E-state index in [2.05, 4.69) is 15.1 Å². The molecule has 0 unspecified atom stereocenters. The Hall–Kier alpha value is -3.29. The molecule has 1 amide bonds. The van der Waals surface area contributed by atoms with Gasteiger partial charge in [-0.05, 0) is 48.5 Å². The molecule has 0 radical (unpaired) electrons. The summed E-state index contributed by atoms with van der Waals surface area (Å²) in [4.78, 5) is 23.8. The minimum atomic E-state index is -0.285. The van der Waals surface area contributed by atoms with E-state index in [1.165, 1.54) is 0 Å². The maximum Gasteiger partial charge on any atom is 0.259 e. The molecule has 0 bridgehead atoms. The lowest BCUT2D eigenvalue weighted by molar-refractivity contribution is 0.102. The number of anilines is 3. The summed E-state index contributed by atoms with van der Waals surface area (Å²) in [7, 11) is 0. The van der Waals surface area contributed by atoms with E-state index in [0.717, 1.165) is 5.69 Å². The van der Waals surface area contributed by atoms with Gasteiger partial charge in [-0.2, -0.15) is 5.90 Å². The summed E-state index contributed by atoms with van der Waals surface area (Å²) in [6.07, 6.45) is 1.68. The normalized spacial score (nSPS) is 12.7. The van der Waals surface area contributed by atoms with Crippen molar-refractivity contribution in [2.24, 2.45) is 5.90 Å². The Kier molecular flexibility index (Phi) is 5.01. The molecule has 28 heavy (non-hydrogen) atoms. The molecule has 1 aliphatic heterocycles. The highest BCUT2D eigenvalue weighted by Crippen LogP contribution is 2.40. The van der Waals surface area contributed by atoms with Crippen molar-refractivity contribution in [3.8, 4) is 11.5 Å². The van der Waals surface area contributed by atoms with Gasteiger partial charge < -0.3 is 19.8 Å². The third-order valence-corrected chi connectivity index (χ3v) is 4.63. The second-order valence-corrected chi connectivity index (χ2v) is 6.47. The van der Waals surface area contributed by atoms with Gasteiger partial charge in [0.2, 0.25) is 0 Å². The van der Waals surface area contributed by atoms with Crippen LogP contribution in [0.15, 0.2) is 60.8 Å². The Balaban J connectivity index is 1.65. The summed E-state index contributed by atoms with van der Waals surface area (Å²) < 4.78 is 5.83. The number of hydrogen-bond donors (Lipinski definition) is 2. The van der Waals surface area contributed by atoms with E-state index >= 15 is 0 Å². The van der Waals surface area contributed by atoms with Gasteiger partial charge in [0.25, 0.3) is 5.91 Å². The number of fused-ring (bicyclic) bond motifs is 1. The molecule has 4 rings (SSSR count). The molecule has 0 atom stereocenters. The first-order valence-electron chi connectivity index (χ1n) is 8.59. The fourth-order valence-corrected chi connectivity index (χ4v) is 3.26. The largest absolute Gasteiger partial charge is 0.489 e. The van der Waals surface area contributed by atoms with E-state index in [1.54, 1.807) is 54.7 Å². The number of amides is 1. The van der Waals surface area contributed by atoms with E-state index < -0.39 is 0 Å². The topological polar surface area (TPSA) is 89.7 Å². The molecule has 0 spiro atoms. The monoisotopic (exact) mass is 396 g/mol. The second-order valence-electron chi connectivity index (χ2n) is 6.06. The van der Waals surface area contributed by atoms with Gasteiger partial charge in [0.15, 0.2) is 11.6 Å². The minimum absolute atomic E-state index is 0.285. The fourth-order valence-electron chi connectivity index (χ4n) is 3.04. The van der Waals surface area contributed by atoms with Gasteiger partial charge in [-0.25, -0.2) is 4.98 Å². The van der Waals surface area contributed by atoms with Crippen LogP contribution >= 0.6 is 11.6 Å². The Morgan fingerprint density at radius 1 is 1.18 bits per heavy atom. The first-order chi connectivity index (χ1) is 13.7. The van der Waals surface area contributed by atoms with Gasteiger partial charge >= 0.3 is 0 Å². The van der Waals surface area contributed by atoms with Crippen molar-refractivity contribution >= 4 is 34.7 Å². The van der Waals surface area contributed by atoms with E-state index in [9.17, 15) is 4.79 Å². The Bertz CT molecular complexity index is 1010. The zero-order chi connectivity index (χ0) is 19.5. The number of para-hydroxylation sites is 1. The number of carbonyl (C=O) groups is 1. The summed E-state index contributed by atoms with van der Waals surface area (Å²) >= 11 is 6.32. The highest BCUT2D eigenvalue weighted by atomic mass is 35.5. The molecule has 0 saturated heterocycles. The number of nitrogens with two attached hydrogens (primary N) is 1. The summed E-state index contributed by atoms with van der Waals surface area (Å²) in [5, 5.41) is 3.38. The predicted octanol–water partition coefficient (Wildman–Crippen LogP) is 3.77. The van der Waals surface area contributed by atoms with Gasteiger partial charge in [0.1, 0.15) is 12.4 Å². The van der Waals surface area contributed by atoms with Crippen molar-refractivity contribution < 1.29 is 14.4 Å². The molecule has 0 aliphatic carbocycles. The number of ether oxygens (including phenoxy) is 1. The number of aromatic nitrogens is 1. The van der Waals surface area contributed by atoms with Gasteiger partial charge in [0.05, 0.1) is 22.8 Å². The van der Waals surface area contributed by atoms with Crippen LogP contribution < -0.4 is 25.7 Å². The smallest absolute Gasteiger partial charge is 0.259 e. The summed E-state index contributed by atoms with van der Waals surface area (Å²) in [5.74, 6) is 6.46. The maximum absolute atomic E-state index is 12.8. The third kappa shape index (κ3) is 3.45. The molecule has 2 aromatic carbocycles. The van der Waals surface area contributed by atoms with Crippen LogP contribution in [0.4, 0.5) is 17.2 Å². The van der Waals surface area contributed by atoms with Crippen molar-refractivity contribution in [2.45, 2.75) is 0 Å². The molecule has 8 heteroatoms. The number of pyridine rings is 1. The molecule has 0 saturated carbocycles. The number of halogens is 1. The van der Waals surface area contributed by atoms with Gasteiger partial charge in [-0.15, -0.1) is 0 Å². The van der Waals surface area contributed by atoms with Crippen LogP contribution in [0.1, 0.15) is 10.4 Å². The average molecular weight is 397 g/mol. The average Bonchev–Trinajstić information content (AvgIpc) is 2.74. The lowest BCUT2D eigenvalue weighted by Crippen LogP contribution is -2.30. The minimum Gasteiger partial charge on any atom is -0.489 e. The quantitative estimate of drug-likeness (QED) is 0.652. The lowest BCUT2D eigenvalue weighted by Gasteiger charge is -2.31. The van der Waals surface area contributed by atoms with Crippen LogP contribution in [0.3, 0.4) is 0 Å². The van der Waals surface area contributed by atoms with Gasteiger partial charge in [0, 0.05) is 11.9 Å². The predicted molar refractivity (Wildman–Crippen MR) is 107 cm³/mol. The van der Waals surface area contributed by atoms with Gasteiger partial charge in [-0.1, -0.05) is 17.7 Å².